The summed E-state index contributed by atoms with van der Waals surface area (Å²) in [4.78, 5) is 41.0. The Kier molecular flexibility index (Phi) is 7.44. The summed E-state index contributed by atoms with van der Waals surface area (Å²) in [5, 5.41) is 0.416. The van der Waals surface area contributed by atoms with Crippen LogP contribution in [0.4, 0.5) is 4.39 Å². The number of ether oxygens (including phenoxy) is 1. The van der Waals surface area contributed by atoms with Crippen molar-refractivity contribution in [3.05, 3.63) is 106 Å². The van der Waals surface area contributed by atoms with Gasteiger partial charge >= 0.3 is 5.97 Å². The molecule has 4 rings (SSSR count). The van der Waals surface area contributed by atoms with Crippen molar-refractivity contribution in [3.8, 4) is 11.3 Å². The molecule has 0 fully saturated rings. The van der Waals surface area contributed by atoms with Gasteiger partial charge in [0.1, 0.15) is 12.1 Å². The Hall–Kier alpha value is -3.85. The van der Waals surface area contributed by atoms with Crippen molar-refractivity contribution in [2.75, 3.05) is 6.61 Å². The number of hydrogen-bond acceptors (Lipinski definition) is 7. The Balaban J connectivity index is 1.73. The molecular formula is C25H21FN4O3S. The third kappa shape index (κ3) is 5.74. The molecule has 0 spiro atoms. The summed E-state index contributed by atoms with van der Waals surface area (Å²) in [5.41, 5.74) is 3.23. The van der Waals surface area contributed by atoms with Gasteiger partial charge in [0.15, 0.2) is 5.16 Å². The van der Waals surface area contributed by atoms with E-state index in [9.17, 15) is 14.0 Å². The molecule has 0 atom stereocenters. The molecule has 0 unspecified atom stereocenters. The number of carbonyl (C=O) groups is 1. The number of hydrogen-bond donors (Lipinski definition) is 1. The van der Waals surface area contributed by atoms with E-state index in [1.165, 1.54) is 30.2 Å². The zero-order valence-corrected chi connectivity index (χ0v) is 19.1. The second-order valence-electron chi connectivity index (χ2n) is 7.34. The maximum atomic E-state index is 13.2. The van der Waals surface area contributed by atoms with Gasteiger partial charge in [0.2, 0.25) is 0 Å². The van der Waals surface area contributed by atoms with Crippen molar-refractivity contribution >= 4 is 17.7 Å². The van der Waals surface area contributed by atoms with Gasteiger partial charge in [0.25, 0.3) is 5.56 Å². The number of H-pyrrole nitrogens is 1. The van der Waals surface area contributed by atoms with Crippen molar-refractivity contribution in [2.45, 2.75) is 24.3 Å². The smallest absolute Gasteiger partial charge is 0.338 e. The Morgan fingerprint density at radius 3 is 2.59 bits per heavy atom. The van der Waals surface area contributed by atoms with Gasteiger partial charge in [0, 0.05) is 35.7 Å². The number of benzene rings is 2. The fraction of sp³-hybridized carbons (Fsp3) is 0.160. The molecule has 2 aromatic heterocycles. The lowest BCUT2D eigenvalue weighted by molar-refractivity contribution is 0.0526. The molecule has 172 valence electrons. The molecule has 0 bridgehead atoms. The summed E-state index contributed by atoms with van der Waals surface area (Å²) < 4.78 is 18.3. The van der Waals surface area contributed by atoms with Gasteiger partial charge in [-0.3, -0.25) is 4.79 Å². The highest BCUT2D eigenvalue weighted by Gasteiger charge is 2.17. The van der Waals surface area contributed by atoms with Crippen LogP contribution in [0.3, 0.4) is 0 Å². The van der Waals surface area contributed by atoms with Gasteiger partial charge in [-0.2, -0.15) is 0 Å². The van der Waals surface area contributed by atoms with E-state index >= 15 is 0 Å². The third-order valence-electron chi connectivity index (χ3n) is 4.92. The van der Waals surface area contributed by atoms with Gasteiger partial charge in [-0.1, -0.05) is 36.0 Å². The second-order valence-corrected chi connectivity index (χ2v) is 8.30. The summed E-state index contributed by atoms with van der Waals surface area (Å²) in [6.07, 6.45) is 4.97. The van der Waals surface area contributed by atoms with Crippen molar-refractivity contribution in [1.82, 2.24) is 19.9 Å². The highest BCUT2D eigenvalue weighted by molar-refractivity contribution is 7.98. The van der Waals surface area contributed by atoms with Crippen molar-refractivity contribution in [2.24, 2.45) is 0 Å². The van der Waals surface area contributed by atoms with Crippen LogP contribution in [0, 0.1) is 5.82 Å². The van der Waals surface area contributed by atoms with Crippen molar-refractivity contribution in [1.29, 1.82) is 0 Å². The first-order chi connectivity index (χ1) is 16.5. The summed E-state index contributed by atoms with van der Waals surface area (Å²) in [6.45, 7) is 2.00. The molecule has 2 heterocycles. The van der Waals surface area contributed by atoms with E-state index in [2.05, 4.69) is 15.0 Å². The van der Waals surface area contributed by atoms with Crippen LogP contribution in [0.15, 0.2) is 77.2 Å². The largest absolute Gasteiger partial charge is 0.462 e. The summed E-state index contributed by atoms with van der Waals surface area (Å²) in [7, 11) is 0. The van der Waals surface area contributed by atoms with E-state index in [1.54, 1.807) is 55.7 Å². The Labute approximate surface area is 199 Å². The van der Waals surface area contributed by atoms with Crippen LogP contribution >= 0.6 is 11.8 Å². The second kappa shape index (κ2) is 10.8. The molecule has 9 heteroatoms. The van der Waals surface area contributed by atoms with Gasteiger partial charge in [0.05, 0.1) is 17.9 Å². The SMILES string of the molecule is CCOC(=O)c1cccc(-c2nc(SCc3ccc(F)cc3)[nH]c(=O)c2Cc2cncnc2)c1. The molecular weight excluding hydrogens is 455 g/mol. The molecule has 34 heavy (non-hydrogen) atoms. The monoisotopic (exact) mass is 476 g/mol. The highest BCUT2D eigenvalue weighted by Crippen LogP contribution is 2.26. The molecule has 1 N–H and O–H groups in total. The van der Waals surface area contributed by atoms with E-state index in [4.69, 9.17) is 9.72 Å². The van der Waals surface area contributed by atoms with E-state index in [1.807, 2.05) is 0 Å². The quantitative estimate of drug-likeness (QED) is 0.228. The molecule has 2 aromatic carbocycles. The summed E-state index contributed by atoms with van der Waals surface area (Å²) in [6, 6.07) is 13.0. The van der Waals surface area contributed by atoms with Crippen molar-refractivity contribution < 1.29 is 13.9 Å². The van der Waals surface area contributed by atoms with Gasteiger partial charge in [-0.15, -0.1) is 0 Å². The predicted octanol–water partition coefficient (Wildman–Crippen LogP) is 4.43. The first-order valence-electron chi connectivity index (χ1n) is 10.6. The summed E-state index contributed by atoms with van der Waals surface area (Å²) in [5.74, 6) is -0.256. The number of esters is 1. The maximum Gasteiger partial charge on any atom is 0.338 e. The van der Waals surface area contributed by atoms with Crippen LogP contribution in [0.1, 0.15) is 34.0 Å². The number of nitrogens with one attached hydrogen (secondary N) is 1. The highest BCUT2D eigenvalue weighted by atomic mass is 32.2. The standard InChI is InChI=1S/C25H21FN4O3S/c1-2-33-24(32)19-5-3-4-18(11-19)22-21(10-17-12-27-15-28-13-17)23(31)30-25(29-22)34-14-16-6-8-20(26)9-7-16/h3-9,11-13,15H,2,10,14H2,1H3,(H,29,30,31). The lowest BCUT2D eigenvalue weighted by atomic mass is 10.0. The zero-order chi connectivity index (χ0) is 23.9. The molecule has 0 aliphatic heterocycles. The molecule has 0 saturated heterocycles. The Morgan fingerprint density at radius 1 is 1.09 bits per heavy atom. The number of halogens is 1. The minimum absolute atomic E-state index is 0.260. The minimum atomic E-state index is -0.446. The van der Waals surface area contributed by atoms with Crippen LogP contribution in [-0.4, -0.2) is 32.5 Å². The normalized spacial score (nSPS) is 10.8. The molecule has 0 aliphatic carbocycles. The van der Waals surface area contributed by atoms with E-state index in [-0.39, 0.29) is 24.4 Å². The molecule has 4 aromatic rings. The number of thioether (sulfide) groups is 1. The number of rotatable bonds is 8. The average molecular weight is 477 g/mol. The van der Waals surface area contributed by atoms with Gasteiger partial charge in [-0.25, -0.2) is 24.1 Å². The fourth-order valence-electron chi connectivity index (χ4n) is 3.31. The molecule has 0 aliphatic rings. The van der Waals surface area contributed by atoms with Crippen LogP contribution in [0.25, 0.3) is 11.3 Å². The summed E-state index contributed by atoms with van der Waals surface area (Å²) >= 11 is 1.33. The fourth-order valence-corrected chi connectivity index (χ4v) is 4.13. The molecule has 7 nitrogen and oxygen atoms in total. The first-order valence-corrected chi connectivity index (χ1v) is 11.5. The predicted molar refractivity (Wildman–Crippen MR) is 127 cm³/mol. The van der Waals surface area contributed by atoms with E-state index in [0.29, 0.717) is 33.3 Å². The minimum Gasteiger partial charge on any atom is -0.462 e. The van der Waals surface area contributed by atoms with Gasteiger partial charge < -0.3 is 9.72 Å². The van der Waals surface area contributed by atoms with Crippen LogP contribution in [0.5, 0.6) is 0 Å². The molecule has 0 saturated carbocycles. The maximum absolute atomic E-state index is 13.2. The number of aromatic nitrogens is 4. The van der Waals surface area contributed by atoms with Crippen molar-refractivity contribution in [3.63, 3.8) is 0 Å². The Bertz CT molecular complexity index is 1340. The van der Waals surface area contributed by atoms with Crippen LogP contribution in [-0.2, 0) is 16.9 Å². The van der Waals surface area contributed by atoms with Crippen LogP contribution in [0.2, 0.25) is 0 Å². The third-order valence-corrected chi connectivity index (χ3v) is 5.87. The average Bonchev–Trinajstić information content (AvgIpc) is 2.86. The van der Waals surface area contributed by atoms with Crippen LogP contribution < -0.4 is 5.56 Å². The topological polar surface area (TPSA) is 97.8 Å². The molecule has 0 radical (unpaired) electrons. The number of nitrogens with zero attached hydrogens (tertiary/aromatic N) is 3. The number of carbonyl (C=O) groups excluding carboxylic acids is 1. The van der Waals surface area contributed by atoms with Gasteiger partial charge in [-0.05, 0) is 42.3 Å². The molecule has 0 amide bonds. The lowest BCUT2D eigenvalue weighted by Crippen LogP contribution is -2.18. The number of aromatic amines is 1. The zero-order valence-electron chi connectivity index (χ0n) is 18.3. The van der Waals surface area contributed by atoms with E-state index < -0.39 is 5.97 Å². The van der Waals surface area contributed by atoms with E-state index in [0.717, 1.165) is 11.1 Å². The lowest BCUT2D eigenvalue weighted by Gasteiger charge is -2.12. The Morgan fingerprint density at radius 2 is 1.85 bits per heavy atom. The first kappa shape index (κ1) is 23.3.